The summed E-state index contributed by atoms with van der Waals surface area (Å²) in [4.78, 5) is 25.5. The van der Waals surface area contributed by atoms with E-state index >= 15 is 0 Å². The number of methoxy groups -OCH3 is 2. The summed E-state index contributed by atoms with van der Waals surface area (Å²) in [6, 6.07) is 16.2. The minimum absolute atomic E-state index is 0.00901. The van der Waals surface area contributed by atoms with Crippen LogP contribution < -0.4 is 29.1 Å². The van der Waals surface area contributed by atoms with Crippen molar-refractivity contribution < 1.29 is 32.9 Å². The van der Waals surface area contributed by atoms with Gasteiger partial charge in [0.05, 0.1) is 31.8 Å². The largest absolute Gasteiger partial charge is 0.493 e. The number of carbonyl (C=O) groups is 1. The van der Waals surface area contributed by atoms with Gasteiger partial charge in [0.25, 0.3) is 0 Å². The summed E-state index contributed by atoms with van der Waals surface area (Å²) in [6.07, 6.45) is 1.22. The molecule has 4 rings (SSSR count). The number of fused-ring (bicyclic) bond motifs is 1. The lowest BCUT2D eigenvalue weighted by molar-refractivity contribution is 0.0734. The summed E-state index contributed by atoms with van der Waals surface area (Å²) in [5.74, 6) is 1.43. The highest BCUT2D eigenvalue weighted by atomic mass is 16.5. The minimum atomic E-state index is -0.602. The molecule has 0 radical (unpaired) electrons. The summed E-state index contributed by atoms with van der Waals surface area (Å²) in [6.45, 7) is 2.31. The number of hydrogen-bond acceptors (Lipinski definition) is 8. The third-order valence-electron chi connectivity index (χ3n) is 4.91. The van der Waals surface area contributed by atoms with Crippen molar-refractivity contribution in [2.24, 2.45) is 0 Å². The van der Waals surface area contributed by atoms with Crippen molar-refractivity contribution in [2.45, 2.75) is 6.92 Å². The first-order valence-corrected chi connectivity index (χ1v) is 10.4. The van der Waals surface area contributed by atoms with E-state index in [0.29, 0.717) is 29.6 Å². The molecule has 34 heavy (non-hydrogen) atoms. The number of rotatable bonds is 8. The molecule has 3 aromatic carbocycles. The molecular formula is C26H22O8. The van der Waals surface area contributed by atoms with E-state index in [1.807, 2.05) is 13.0 Å². The molecule has 0 amide bonds. The van der Waals surface area contributed by atoms with Crippen LogP contribution in [0.2, 0.25) is 0 Å². The minimum Gasteiger partial charge on any atom is -0.493 e. The maximum atomic E-state index is 12.9. The molecule has 174 valence electrons. The van der Waals surface area contributed by atoms with Gasteiger partial charge in [-0.15, -0.1) is 0 Å². The number of esters is 1. The first-order valence-electron chi connectivity index (χ1n) is 10.4. The molecule has 0 fully saturated rings. The summed E-state index contributed by atoms with van der Waals surface area (Å²) in [5, 5.41) is 0.275. The standard InChI is InChI=1S/C26H22O8/c1-4-31-20-7-5-6-8-21(20)34-24-15-32-22-14-17(10-11-18(22)25(24)27)33-26(28)16-9-12-19(29-2)23(13-16)30-3/h5-15H,4H2,1-3H3. The van der Waals surface area contributed by atoms with Crippen LogP contribution in [0.25, 0.3) is 11.0 Å². The van der Waals surface area contributed by atoms with Crippen LogP contribution in [0.1, 0.15) is 17.3 Å². The van der Waals surface area contributed by atoms with E-state index < -0.39 is 5.97 Å². The van der Waals surface area contributed by atoms with E-state index in [4.69, 9.17) is 28.1 Å². The summed E-state index contributed by atoms with van der Waals surface area (Å²) in [5.41, 5.74) is 0.147. The second kappa shape index (κ2) is 9.99. The number of hydrogen-bond donors (Lipinski definition) is 0. The molecular weight excluding hydrogens is 440 g/mol. The Morgan fingerprint density at radius 3 is 2.35 bits per heavy atom. The quantitative estimate of drug-likeness (QED) is 0.260. The zero-order chi connectivity index (χ0) is 24.1. The smallest absolute Gasteiger partial charge is 0.343 e. The Morgan fingerprint density at radius 2 is 1.62 bits per heavy atom. The zero-order valence-corrected chi connectivity index (χ0v) is 18.8. The van der Waals surface area contributed by atoms with Crippen LogP contribution >= 0.6 is 0 Å². The monoisotopic (exact) mass is 462 g/mol. The fraction of sp³-hybridized carbons (Fsp3) is 0.154. The maximum Gasteiger partial charge on any atom is 0.343 e. The molecule has 8 nitrogen and oxygen atoms in total. The van der Waals surface area contributed by atoms with E-state index in [0.717, 1.165) is 0 Å². The zero-order valence-electron chi connectivity index (χ0n) is 18.8. The van der Waals surface area contributed by atoms with Gasteiger partial charge in [-0.05, 0) is 49.4 Å². The summed E-state index contributed by atoms with van der Waals surface area (Å²) < 4.78 is 32.7. The fourth-order valence-corrected chi connectivity index (χ4v) is 3.28. The van der Waals surface area contributed by atoms with Crippen LogP contribution in [0.15, 0.2) is 76.1 Å². The molecule has 0 bridgehead atoms. The SMILES string of the molecule is CCOc1ccccc1Oc1coc2cc(OC(=O)c3ccc(OC)c(OC)c3)ccc2c1=O. The Labute approximate surface area is 195 Å². The molecule has 1 heterocycles. The molecule has 0 N–H and O–H groups in total. The van der Waals surface area contributed by atoms with Crippen molar-refractivity contribution in [1.29, 1.82) is 0 Å². The molecule has 0 atom stereocenters. The van der Waals surface area contributed by atoms with Crippen molar-refractivity contribution in [3.05, 3.63) is 82.7 Å². The van der Waals surface area contributed by atoms with Crippen LogP contribution in [0.3, 0.4) is 0 Å². The topological polar surface area (TPSA) is 93.4 Å². The third-order valence-corrected chi connectivity index (χ3v) is 4.91. The van der Waals surface area contributed by atoms with Crippen LogP contribution in [0.4, 0.5) is 0 Å². The van der Waals surface area contributed by atoms with Gasteiger partial charge in [0, 0.05) is 6.07 Å². The van der Waals surface area contributed by atoms with Crippen LogP contribution in [0, 0.1) is 0 Å². The Kier molecular flexibility index (Phi) is 6.68. The van der Waals surface area contributed by atoms with Gasteiger partial charge in [0.15, 0.2) is 23.0 Å². The average molecular weight is 462 g/mol. The highest BCUT2D eigenvalue weighted by Gasteiger charge is 2.16. The van der Waals surface area contributed by atoms with Gasteiger partial charge < -0.3 is 28.1 Å². The first kappa shape index (κ1) is 22.7. The van der Waals surface area contributed by atoms with Gasteiger partial charge in [-0.1, -0.05) is 12.1 Å². The Balaban J connectivity index is 1.57. The van der Waals surface area contributed by atoms with Gasteiger partial charge in [0.1, 0.15) is 17.6 Å². The average Bonchev–Trinajstić information content (AvgIpc) is 2.86. The van der Waals surface area contributed by atoms with Crippen molar-refractivity contribution >= 4 is 16.9 Å². The van der Waals surface area contributed by atoms with E-state index in [1.54, 1.807) is 30.3 Å². The molecule has 0 aliphatic rings. The van der Waals surface area contributed by atoms with Crippen molar-refractivity contribution in [3.63, 3.8) is 0 Å². The number of carbonyl (C=O) groups excluding carboxylic acids is 1. The van der Waals surface area contributed by atoms with Gasteiger partial charge in [-0.3, -0.25) is 4.79 Å². The summed E-state index contributed by atoms with van der Waals surface area (Å²) >= 11 is 0. The van der Waals surface area contributed by atoms with Gasteiger partial charge >= 0.3 is 5.97 Å². The molecule has 4 aromatic rings. The molecule has 0 saturated carbocycles. The van der Waals surface area contributed by atoms with Crippen LogP contribution in [-0.2, 0) is 0 Å². The molecule has 8 heteroatoms. The molecule has 0 unspecified atom stereocenters. The molecule has 0 spiro atoms. The van der Waals surface area contributed by atoms with Crippen molar-refractivity contribution in [3.8, 4) is 34.5 Å². The maximum absolute atomic E-state index is 12.9. The third kappa shape index (κ3) is 4.66. The van der Waals surface area contributed by atoms with E-state index in [1.165, 1.54) is 44.7 Å². The predicted octanol–water partition coefficient (Wildman–Crippen LogP) is 5.22. The highest BCUT2D eigenvalue weighted by Crippen LogP contribution is 2.32. The lowest BCUT2D eigenvalue weighted by atomic mass is 10.2. The number of benzene rings is 3. The second-order valence-corrected chi connectivity index (χ2v) is 7.03. The van der Waals surface area contributed by atoms with Crippen molar-refractivity contribution in [2.75, 3.05) is 20.8 Å². The highest BCUT2D eigenvalue weighted by molar-refractivity contribution is 5.92. The van der Waals surface area contributed by atoms with Crippen LogP contribution in [-0.4, -0.2) is 26.8 Å². The van der Waals surface area contributed by atoms with Crippen molar-refractivity contribution in [1.82, 2.24) is 0 Å². The first-order chi connectivity index (χ1) is 16.5. The molecule has 0 saturated heterocycles. The van der Waals surface area contributed by atoms with E-state index in [2.05, 4.69) is 0 Å². The number of ether oxygens (including phenoxy) is 5. The summed E-state index contributed by atoms with van der Waals surface area (Å²) in [7, 11) is 2.98. The Morgan fingerprint density at radius 1 is 0.853 bits per heavy atom. The van der Waals surface area contributed by atoms with Crippen LogP contribution in [0.5, 0.6) is 34.5 Å². The Hall–Kier alpha value is -4.46. The van der Waals surface area contributed by atoms with Gasteiger partial charge in [-0.2, -0.15) is 0 Å². The predicted molar refractivity (Wildman–Crippen MR) is 125 cm³/mol. The number of para-hydroxylation sites is 2. The molecule has 1 aromatic heterocycles. The lowest BCUT2D eigenvalue weighted by Gasteiger charge is -2.11. The normalized spacial score (nSPS) is 10.6. The fourth-order valence-electron chi connectivity index (χ4n) is 3.28. The van der Waals surface area contributed by atoms with E-state index in [-0.39, 0.29) is 33.5 Å². The van der Waals surface area contributed by atoms with Gasteiger partial charge in [-0.25, -0.2) is 4.79 Å². The molecule has 0 aliphatic carbocycles. The second-order valence-electron chi connectivity index (χ2n) is 7.03. The molecule has 0 aliphatic heterocycles. The lowest BCUT2D eigenvalue weighted by Crippen LogP contribution is -2.09. The van der Waals surface area contributed by atoms with E-state index in [9.17, 15) is 9.59 Å². The Bertz CT molecular complexity index is 1390. The van der Waals surface area contributed by atoms with Gasteiger partial charge in [0.2, 0.25) is 11.2 Å².